The van der Waals surface area contributed by atoms with Crippen molar-refractivity contribution >= 4 is 21.8 Å². The van der Waals surface area contributed by atoms with Crippen LogP contribution in [0.15, 0.2) is 51.8 Å². The van der Waals surface area contributed by atoms with Crippen molar-refractivity contribution in [1.29, 1.82) is 0 Å². The second-order valence-corrected chi connectivity index (χ2v) is 7.78. The number of furan rings is 1. The topological polar surface area (TPSA) is 30.2 Å². The highest BCUT2D eigenvalue weighted by Gasteiger charge is 2.22. The van der Waals surface area contributed by atoms with Crippen LogP contribution in [0.25, 0.3) is 22.3 Å². The van der Waals surface area contributed by atoms with Crippen LogP contribution in [-0.4, -0.2) is 10.5 Å². The predicted molar refractivity (Wildman–Crippen MR) is 95.1 cm³/mol. The minimum absolute atomic E-state index is 0.326. The van der Waals surface area contributed by atoms with Crippen LogP contribution in [0.2, 0.25) is 0 Å². The third-order valence-corrected chi connectivity index (χ3v) is 5.85. The summed E-state index contributed by atoms with van der Waals surface area (Å²) in [5, 5.41) is 0.888. The van der Waals surface area contributed by atoms with Gasteiger partial charge in [0.15, 0.2) is 5.76 Å². The lowest BCUT2D eigenvalue weighted by atomic mass is 9.96. The fourth-order valence-corrected chi connectivity index (χ4v) is 4.60. The summed E-state index contributed by atoms with van der Waals surface area (Å²) in [6.07, 6.45) is 6.62. The molecular formula is C20H19FO2S. The smallest absolute Gasteiger partial charge is 0.151 e. The standard InChI is InChI=1S/C20H19FO2S/c1-24(22)20-17-12-14(13-5-2-3-6-13)9-10-18(17)23-19(20)15-7-4-8-16(21)11-15/h4,7-13H,2-3,5-6H2,1H3. The molecule has 2 aromatic carbocycles. The number of benzene rings is 2. The van der Waals surface area contributed by atoms with Gasteiger partial charge in [-0.3, -0.25) is 4.21 Å². The van der Waals surface area contributed by atoms with Crippen LogP contribution < -0.4 is 0 Å². The molecule has 1 aliphatic rings. The van der Waals surface area contributed by atoms with Gasteiger partial charge >= 0.3 is 0 Å². The maximum Gasteiger partial charge on any atom is 0.151 e. The predicted octanol–water partition coefficient (Wildman–Crippen LogP) is 5.63. The molecule has 1 aromatic heterocycles. The Morgan fingerprint density at radius 3 is 2.62 bits per heavy atom. The summed E-state index contributed by atoms with van der Waals surface area (Å²) >= 11 is 0. The van der Waals surface area contributed by atoms with E-state index in [4.69, 9.17) is 4.42 Å². The van der Waals surface area contributed by atoms with Crippen molar-refractivity contribution in [3.63, 3.8) is 0 Å². The first-order valence-corrected chi connectivity index (χ1v) is 9.85. The highest BCUT2D eigenvalue weighted by Crippen LogP contribution is 2.40. The fourth-order valence-electron chi connectivity index (χ4n) is 3.71. The molecule has 0 saturated heterocycles. The second-order valence-electron chi connectivity index (χ2n) is 6.46. The summed E-state index contributed by atoms with van der Waals surface area (Å²) in [5.74, 6) is 0.765. The normalized spacial score (nSPS) is 16.8. The Morgan fingerprint density at radius 1 is 1.12 bits per heavy atom. The fraction of sp³-hybridized carbons (Fsp3) is 0.300. The van der Waals surface area contributed by atoms with Gasteiger partial charge in [0.2, 0.25) is 0 Å². The highest BCUT2D eigenvalue weighted by atomic mass is 32.2. The molecule has 0 radical (unpaired) electrons. The van der Waals surface area contributed by atoms with Gasteiger partial charge in [-0.25, -0.2) is 4.39 Å². The van der Waals surface area contributed by atoms with E-state index in [1.165, 1.54) is 43.4 Å². The monoisotopic (exact) mass is 342 g/mol. The molecule has 124 valence electrons. The van der Waals surface area contributed by atoms with E-state index in [-0.39, 0.29) is 5.82 Å². The molecule has 0 aliphatic heterocycles. The third kappa shape index (κ3) is 2.69. The summed E-state index contributed by atoms with van der Waals surface area (Å²) in [6.45, 7) is 0. The Kier molecular flexibility index (Phi) is 4.01. The number of rotatable bonds is 3. The lowest BCUT2D eigenvalue weighted by molar-refractivity contribution is 0.613. The SMILES string of the molecule is CS(=O)c1c(-c2cccc(F)c2)oc2ccc(C3CCCC3)cc12. The van der Waals surface area contributed by atoms with E-state index < -0.39 is 10.8 Å². The van der Waals surface area contributed by atoms with E-state index in [9.17, 15) is 8.60 Å². The van der Waals surface area contributed by atoms with Crippen molar-refractivity contribution in [3.05, 3.63) is 53.8 Å². The molecule has 0 amide bonds. The number of fused-ring (bicyclic) bond motifs is 1. The number of halogens is 1. The first kappa shape index (κ1) is 15.6. The van der Waals surface area contributed by atoms with Gasteiger partial charge in [-0.05, 0) is 48.6 Å². The lowest BCUT2D eigenvalue weighted by Crippen LogP contribution is -1.93. The number of hydrogen-bond acceptors (Lipinski definition) is 2. The van der Waals surface area contributed by atoms with Crippen molar-refractivity contribution in [2.24, 2.45) is 0 Å². The van der Waals surface area contributed by atoms with E-state index >= 15 is 0 Å². The molecule has 3 aromatic rings. The molecule has 24 heavy (non-hydrogen) atoms. The Labute approximate surface area is 143 Å². The molecule has 0 spiro atoms. The summed E-state index contributed by atoms with van der Waals surface area (Å²) < 4.78 is 31.9. The third-order valence-electron chi connectivity index (χ3n) is 4.87. The van der Waals surface area contributed by atoms with Crippen LogP contribution >= 0.6 is 0 Å². The van der Waals surface area contributed by atoms with Crippen LogP contribution in [0.3, 0.4) is 0 Å². The minimum Gasteiger partial charge on any atom is -0.455 e. The van der Waals surface area contributed by atoms with Gasteiger partial charge in [0.1, 0.15) is 11.4 Å². The molecule has 1 aliphatic carbocycles. The van der Waals surface area contributed by atoms with Crippen molar-refractivity contribution in [2.75, 3.05) is 6.26 Å². The molecule has 1 heterocycles. The van der Waals surface area contributed by atoms with E-state index in [0.717, 1.165) is 5.39 Å². The van der Waals surface area contributed by atoms with Gasteiger partial charge in [0, 0.05) is 17.2 Å². The van der Waals surface area contributed by atoms with Gasteiger partial charge in [0.25, 0.3) is 0 Å². The molecule has 0 bridgehead atoms. The Bertz CT molecular complexity index is 923. The Balaban J connectivity index is 1.91. The zero-order valence-corrected chi connectivity index (χ0v) is 14.4. The van der Waals surface area contributed by atoms with Gasteiger partial charge in [-0.15, -0.1) is 0 Å². The van der Waals surface area contributed by atoms with Gasteiger partial charge in [-0.2, -0.15) is 0 Å². The van der Waals surface area contributed by atoms with Crippen molar-refractivity contribution in [3.8, 4) is 11.3 Å². The van der Waals surface area contributed by atoms with Gasteiger partial charge in [-0.1, -0.05) is 31.0 Å². The van der Waals surface area contributed by atoms with E-state index in [1.807, 2.05) is 6.07 Å². The second kappa shape index (κ2) is 6.17. The largest absolute Gasteiger partial charge is 0.455 e. The van der Waals surface area contributed by atoms with E-state index in [0.29, 0.717) is 27.7 Å². The van der Waals surface area contributed by atoms with E-state index in [1.54, 1.807) is 18.4 Å². The molecule has 1 unspecified atom stereocenters. The van der Waals surface area contributed by atoms with Crippen LogP contribution in [0.4, 0.5) is 4.39 Å². The first-order chi connectivity index (χ1) is 11.6. The molecule has 4 heteroatoms. The van der Waals surface area contributed by atoms with Gasteiger partial charge in [0.05, 0.1) is 15.7 Å². The van der Waals surface area contributed by atoms with Crippen molar-refractivity contribution in [1.82, 2.24) is 0 Å². The van der Waals surface area contributed by atoms with Crippen LogP contribution in [0, 0.1) is 5.82 Å². The maximum absolute atomic E-state index is 13.6. The summed E-state index contributed by atoms with van der Waals surface area (Å²) in [4.78, 5) is 0.662. The lowest BCUT2D eigenvalue weighted by Gasteiger charge is -2.09. The highest BCUT2D eigenvalue weighted by molar-refractivity contribution is 7.84. The zero-order valence-electron chi connectivity index (χ0n) is 13.5. The van der Waals surface area contributed by atoms with Crippen molar-refractivity contribution in [2.45, 2.75) is 36.5 Å². The Morgan fingerprint density at radius 2 is 1.92 bits per heavy atom. The zero-order chi connectivity index (χ0) is 16.7. The first-order valence-electron chi connectivity index (χ1n) is 8.29. The number of hydrogen-bond donors (Lipinski definition) is 0. The molecule has 1 saturated carbocycles. The Hall–Kier alpha value is -1.94. The van der Waals surface area contributed by atoms with Crippen molar-refractivity contribution < 1.29 is 13.0 Å². The molecule has 0 N–H and O–H groups in total. The summed E-state index contributed by atoms with van der Waals surface area (Å²) in [5.41, 5.74) is 2.62. The average molecular weight is 342 g/mol. The molecule has 4 rings (SSSR count). The van der Waals surface area contributed by atoms with Crippen LogP contribution in [0.5, 0.6) is 0 Å². The summed E-state index contributed by atoms with van der Waals surface area (Å²) in [6, 6.07) is 12.4. The van der Waals surface area contributed by atoms with Gasteiger partial charge < -0.3 is 4.42 Å². The molecule has 2 nitrogen and oxygen atoms in total. The molecule has 1 fully saturated rings. The quantitative estimate of drug-likeness (QED) is 0.617. The average Bonchev–Trinajstić information content (AvgIpc) is 3.21. The summed E-state index contributed by atoms with van der Waals surface area (Å²) in [7, 11) is -1.22. The van der Waals surface area contributed by atoms with Crippen LogP contribution in [-0.2, 0) is 10.8 Å². The molecule has 1 atom stereocenters. The van der Waals surface area contributed by atoms with E-state index in [2.05, 4.69) is 12.1 Å². The minimum atomic E-state index is -1.22. The van der Waals surface area contributed by atoms with Crippen LogP contribution in [0.1, 0.15) is 37.2 Å². The maximum atomic E-state index is 13.6. The molecular weight excluding hydrogens is 323 g/mol.